The van der Waals surface area contributed by atoms with Crippen molar-refractivity contribution in [3.8, 4) is 22.6 Å². The lowest BCUT2D eigenvalue weighted by atomic mass is 10.1. The fourth-order valence-electron chi connectivity index (χ4n) is 4.22. The zero-order valence-corrected chi connectivity index (χ0v) is 21.0. The number of aromatic nitrogens is 7. The third-order valence-corrected chi connectivity index (χ3v) is 6.36. The number of aryl methyl sites for hydroxylation is 1. The molecule has 194 valence electrons. The number of fused-ring (bicyclic) bond motifs is 1. The van der Waals surface area contributed by atoms with E-state index >= 15 is 0 Å². The van der Waals surface area contributed by atoms with Gasteiger partial charge in [0.15, 0.2) is 0 Å². The van der Waals surface area contributed by atoms with Crippen LogP contribution in [0.1, 0.15) is 48.0 Å². The molecule has 0 unspecified atom stereocenters. The molecule has 0 spiro atoms. The number of halogens is 1. The van der Waals surface area contributed by atoms with Gasteiger partial charge in [0, 0.05) is 23.0 Å². The van der Waals surface area contributed by atoms with Crippen molar-refractivity contribution in [1.29, 1.82) is 0 Å². The number of hydrogen-bond donors (Lipinski definition) is 2. The fraction of sp³-hybridized carbons (Fsp3) is 0.308. The van der Waals surface area contributed by atoms with E-state index in [1.165, 1.54) is 6.20 Å². The summed E-state index contributed by atoms with van der Waals surface area (Å²) in [6.45, 7) is 5.59. The van der Waals surface area contributed by atoms with Crippen molar-refractivity contribution in [3.63, 3.8) is 0 Å². The minimum atomic E-state index is -0.925. The molecular weight excluding hydrogens is 491 g/mol. The Morgan fingerprint density at radius 3 is 2.79 bits per heavy atom. The molecule has 2 N–H and O–H groups in total. The van der Waals surface area contributed by atoms with Gasteiger partial charge in [-0.05, 0) is 51.0 Å². The number of pyridine rings is 1. The van der Waals surface area contributed by atoms with Gasteiger partial charge in [-0.2, -0.15) is 10.1 Å². The first kappa shape index (κ1) is 23.9. The first-order valence-electron chi connectivity index (χ1n) is 12.1. The normalized spacial score (nSPS) is 17.2. The van der Waals surface area contributed by atoms with Crippen LogP contribution in [0.4, 0.5) is 10.1 Å². The molecule has 1 aliphatic carbocycles. The van der Waals surface area contributed by atoms with Crippen molar-refractivity contribution in [3.05, 3.63) is 65.9 Å². The highest BCUT2D eigenvalue weighted by Gasteiger charge is 2.43. The summed E-state index contributed by atoms with van der Waals surface area (Å²) in [5.74, 6) is -0.00500. The van der Waals surface area contributed by atoms with Crippen molar-refractivity contribution in [2.24, 2.45) is 0 Å². The van der Waals surface area contributed by atoms with Crippen LogP contribution in [0.5, 0.6) is 0 Å². The minimum Gasteiger partial charge on any atom is -0.389 e. The average molecular weight is 517 g/mol. The number of nitrogens with one attached hydrogen (secondary N) is 1. The Morgan fingerprint density at radius 2 is 2.03 bits per heavy atom. The monoisotopic (exact) mass is 516 g/mol. The lowest BCUT2D eigenvalue weighted by molar-refractivity contribution is 0.0571. The van der Waals surface area contributed by atoms with E-state index in [1.54, 1.807) is 47.6 Å². The van der Waals surface area contributed by atoms with E-state index in [4.69, 9.17) is 4.52 Å². The Balaban J connectivity index is 1.22. The van der Waals surface area contributed by atoms with Crippen LogP contribution in [0.15, 0.2) is 53.4 Å². The number of amides is 1. The Morgan fingerprint density at radius 1 is 1.24 bits per heavy atom. The largest absolute Gasteiger partial charge is 0.389 e. The molecule has 5 aromatic rings. The second-order valence-corrected chi connectivity index (χ2v) is 10.2. The van der Waals surface area contributed by atoms with Crippen molar-refractivity contribution in [2.45, 2.75) is 51.4 Å². The van der Waals surface area contributed by atoms with Crippen molar-refractivity contribution in [1.82, 2.24) is 34.7 Å². The Labute approximate surface area is 216 Å². The fourth-order valence-corrected chi connectivity index (χ4v) is 4.22. The molecule has 0 saturated heterocycles. The van der Waals surface area contributed by atoms with Crippen molar-refractivity contribution >= 4 is 17.1 Å². The zero-order valence-electron chi connectivity index (χ0n) is 21.0. The summed E-state index contributed by atoms with van der Waals surface area (Å²) in [5, 5.41) is 29.5. The van der Waals surface area contributed by atoms with Gasteiger partial charge in [-0.25, -0.2) is 13.6 Å². The maximum atomic E-state index is 13.3. The van der Waals surface area contributed by atoms with Crippen LogP contribution < -0.4 is 5.32 Å². The highest BCUT2D eigenvalue weighted by Crippen LogP contribution is 2.43. The van der Waals surface area contributed by atoms with Gasteiger partial charge >= 0.3 is 0 Å². The molecule has 1 fully saturated rings. The molecule has 0 bridgehead atoms. The number of nitrogens with zero attached hydrogens (tertiary/aromatic N) is 7. The molecule has 6 rings (SSSR count). The third-order valence-electron chi connectivity index (χ3n) is 6.36. The van der Waals surface area contributed by atoms with E-state index < -0.39 is 11.8 Å². The number of aliphatic hydroxyl groups is 1. The summed E-state index contributed by atoms with van der Waals surface area (Å²) in [4.78, 5) is 17.5. The quantitative estimate of drug-likeness (QED) is 0.333. The van der Waals surface area contributed by atoms with Crippen LogP contribution in [0.25, 0.3) is 28.2 Å². The van der Waals surface area contributed by atoms with Crippen LogP contribution >= 0.6 is 0 Å². The minimum absolute atomic E-state index is 0.296. The molecule has 2 atom stereocenters. The molecule has 1 aliphatic rings. The Kier molecular flexibility index (Phi) is 5.56. The molecule has 12 heteroatoms. The highest BCUT2D eigenvalue weighted by atomic mass is 19.1. The summed E-state index contributed by atoms with van der Waals surface area (Å²) in [7, 11) is 0. The summed E-state index contributed by atoms with van der Waals surface area (Å²) in [6, 6.07) is 9.08. The lowest BCUT2D eigenvalue weighted by Crippen LogP contribution is -2.26. The molecule has 0 radical (unpaired) electrons. The van der Waals surface area contributed by atoms with E-state index in [-0.39, 0.29) is 11.8 Å². The van der Waals surface area contributed by atoms with Crippen LogP contribution in [0.2, 0.25) is 0 Å². The number of rotatable bonds is 7. The molecule has 0 aliphatic heterocycles. The van der Waals surface area contributed by atoms with E-state index in [9.17, 15) is 14.3 Å². The molecular formula is C26H25FN8O3. The standard InChI is InChI=1S/C26H25FN8O3/c1-14-4-5-15(23-30-25(38-32-23)17-9-19(17)27)8-20(14)29-24(36)18-10-28-35-11-16(6-7-22(18)35)21-12-34(33-31-21)13-26(2,3)37/h4-8,10-12,17,19,37H,9,13H2,1-3H3,(H,29,36)/t17-,19-/m0/s1. The number of carbonyl (C=O) groups excluding carboxylic acids is 1. The summed E-state index contributed by atoms with van der Waals surface area (Å²) >= 11 is 0. The van der Waals surface area contributed by atoms with E-state index in [1.807, 2.05) is 25.1 Å². The Hall–Kier alpha value is -4.45. The number of hydrogen-bond acceptors (Lipinski definition) is 8. The van der Waals surface area contributed by atoms with E-state index in [2.05, 4.69) is 30.9 Å². The maximum Gasteiger partial charge on any atom is 0.259 e. The summed E-state index contributed by atoms with van der Waals surface area (Å²) < 4.78 is 21.8. The van der Waals surface area contributed by atoms with Gasteiger partial charge in [0.05, 0.1) is 41.5 Å². The third kappa shape index (κ3) is 4.65. The van der Waals surface area contributed by atoms with Crippen LogP contribution in [0, 0.1) is 6.92 Å². The number of benzene rings is 1. The van der Waals surface area contributed by atoms with E-state index in [0.717, 1.165) is 11.1 Å². The number of carbonyl (C=O) groups is 1. The summed E-state index contributed by atoms with van der Waals surface area (Å²) in [6.07, 6.45) is 4.50. The SMILES string of the molecule is Cc1ccc(-c2noc([C@H]3C[C@@H]3F)n2)cc1NC(=O)c1cnn2cc(-c3cn(CC(C)(C)O)nn3)ccc12. The first-order valence-corrected chi connectivity index (χ1v) is 12.1. The number of anilines is 1. The van der Waals surface area contributed by atoms with Crippen LogP contribution in [0.3, 0.4) is 0 Å². The van der Waals surface area contributed by atoms with Gasteiger partial charge < -0.3 is 14.9 Å². The van der Waals surface area contributed by atoms with Gasteiger partial charge in [0.25, 0.3) is 5.91 Å². The molecule has 38 heavy (non-hydrogen) atoms. The second-order valence-electron chi connectivity index (χ2n) is 10.2. The number of alkyl halides is 1. The first-order chi connectivity index (χ1) is 18.1. The molecule has 1 saturated carbocycles. The van der Waals surface area contributed by atoms with Gasteiger partial charge in [-0.1, -0.05) is 22.5 Å². The average Bonchev–Trinajstić information content (AvgIpc) is 3.29. The van der Waals surface area contributed by atoms with Gasteiger partial charge in [-0.3, -0.25) is 4.79 Å². The topological polar surface area (TPSA) is 136 Å². The van der Waals surface area contributed by atoms with Crippen molar-refractivity contribution in [2.75, 3.05) is 5.32 Å². The van der Waals surface area contributed by atoms with Crippen molar-refractivity contribution < 1.29 is 18.8 Å². The van der Waals surface area contributed by atoms with Crippen LogP contribution in [-0.2, 0) is 6.54 Å². The van der Waals surface area contributed by atoms with Gasteiger partial charge in [-0.15, -0.1) is 5.10 Å². The lowest BCUT2D eigenvalue weighted by Gasteiger charge is -2.15. The van der Waals surface area contributed by atoms with Crippen LogP contribution in [-0.4, -0.2) is 57.5 Å². The molecule has 1 amide bonds. The maximum absolute atomic E-state index is 13.3. The Bertz CT molecular complexity index is 1660. The predicted molar refractivity (Wildman–Crippen MR) is 135 cm³/mol. The highest BCUT2D eigenvalue weighted by molar-refractivity contribution is 6.09. The van der Waals surface area contributed by atoms with Gasteiger partial charge in [0.2, 0.25) is 11.7 Å². The molecule has 4 aromatic heterocycles. The summed E-state index contributed by atoms with van der Waals surface area (Å²) in [5.41, 5.74) is 3.59. The van der Waals surface area contributed by atoms with Gasteiger partial charge in [0.1, 0.15) is 11.9 Å². The molecule has 4 heterocycles. The zero-order chi connectivity index (χ0) is 26.6. The smallest absolute Gasteiger partial charge is 0.259 e. The van der Waals surface area contributed by atoms with E-state index in [0.29, 0.717) is 52.7 Å². The predicted octanol–water partition coefficient (Wildman–Crippen LogP) is 3.80. The molecule has 1 aromatic carbocycles. The second kappa shape index (κ2) is 8.84. The molecule has 11 nitrogen and oxygen atoms in total.